The highest BCUT2D eigenvalue weighted by Gasteiger charge is 2.45. The number of rotatable bonds is 2. The van der Waals surface area contributed by atoms with Crippen molar-refractivity contribution in [2.75, 3.05) is 0 Å². The number of amides is 1. The average Bonchev–Trinajstić information content (AvgIpc) is 2.81. The van der Waals surface area contributed by atoms with Crippen LogP contribution in [0.5, 0.6) is 0 Å². The molecule has 1 aromatic carbocycles. The Kier molecular flexibility index (Phi) is 5.41. The quantitative estimate of drug-likeness (QED) is 0.772. The molecule has 4 nitrogen and oxygen atoms in total. The van der Waals surface area contributed by atoms with Gasteiger partial charge in [-0.25, -0.2) is 4.79 Å². The van der Waals surface area contributed by atoms with E-state index >= 15 is 0 Å². The number of hydroxylamine groups is 2. The zero-order chi connectivity index (χ0) is 16.9. The van der Waals surface area contributed by atoms with Crippen molar-refractivity contribution in [3.05, 3.63) is 47.7 Å². The lowest BCUT2D eigenvalue weighted by Crippen LogP contribution is -2.41. The van der Waals surface area contributed by atoms with E-state index in [-0.39, 0.29) is 22.7 Å². The van der Waals surface area contributed by atoms with Crippen LogP contribution in [0.15, 0.2) is 42.1 Å². The number of carbonyl (C=O) groups excluding carboxylic acids is 2. The molecule has 0 aliphatic heterocycles. The first-order chi connectivity index (χ1) is 10.9. The van der Waals surface area contributed by atoms with E-state index in [1.807, 2.05) is 0 Å². The van der Waals surface area contributed by atoms with Crippen molar-refractivity contribution >= 4 is 11.9 Å². The summed E-state index contributed by atoms with van der Waals surface area (Å²) in [5, 5.41) is 0.0979. The Morgan fingerprint density at radius 1 is 1.04 bits per heavy atom. The van der Waals surface area contributed by atoms with Crippen LogP contribution < -0.4 is 0 Å². The molecule has 0 N–H and O–H groups in total. The normalized spacial score (nSPS) is 15.3. The molecule has 0 bridgehead atoms. The second-order valence-electron chi connectivity index (χ2n) is 5.14. The summed E-state index contributed by atoms with van der Waals surface area (Å²) < 4.78 is 38.4. The lowest BCUT2D eigenvalue weighted by molar-refractivity contribution is -0.209. The van der Waals surface area contributed by atoms with Gasteiger partial charge in [0.15, 0.2) is 0 Å². The van der Waals surface area contributed by atoms with Gasteiger partial charge in [0, 0.05) is 0 Å². The number of hydrogen-bond donors (Lipinski definition) is 0. The number of alkyl halides is 3. The molecule has 0 saturated heterocycles. The Bertz CT molecular complexity index is 596. The summed E-state index contributed by atoms with van der Waals surface area (Å²) in [5.41, 5.74) is 0.149. The summed E-state index contributed by atoms with van der Waals surface area (Å²) in [6, 6.07) is 7.57. The third-order valence-electron chi connectivity index (χ3n) is 3.39. The molecule has 7 heteroatoms. The molecule has 0 heterocycles. The number of halogens is 3. The molecule has 2 rings (SSSR count). The van der Waals surface area contributed by atoms with Crippen LogP contribution in [0.4, 0.5) is 13.2 Å². The van der Waals surface area contributed by atoms with Gasteiger partial charge < -0.3 is 4.84 Å². The van der Waals surface area contributed by atoms with Gasteiger partial charge in [-0.1, -0.05) is 30.7 Å². The number of carbonyl (C=O) groups is 2. The summed E-state index contributed by atoms with van der Waals surface area (Å²) in [5.74, 6) is -3.21. The summed E-state index contributed by atoms with van der Waals surface area (Å²) >= 11 is 0. The molecule has 23 heavy (non-hydrogen) atoms. The van der Waals surface area contributed by atoms with Crippen molar-refractivity contribution in [1.29, 1.82) is 0 Å². The van der Waals surface area contributed by atoms with Gasteiger partial charge in [-0.15, -0.1) is 5.06 Å². The number of hydrogen-bond acceptors (Lipinski definition) is 3. The monoisotopic (exact) mass is 327 g/mol. The predicted octanol–water partition coefficient (Wildman–Crippen LogP) is 4.00. The first kappa shape index (κ1) is 17.1. The molecule has 1 aromatic rings. The minimum atomic E-state index is -5.12. The van der Waals surface area contributed by atoms with Crippen LogP contribution in [0.2, 0.25) is 0 Å². The van der Waals surface area contributed by atoms with E-state index in [2.05, 4.69) is 0 Å². The fourth-order valence-electron chi connectivity index (χ4n) is 2.24. The van der Waals surface area contributed by atoms with Crippen molar-refractivity contribution in [2.45, 2.75) is 38.3 Å². The van der Waals surface area contributed by atoms with E-state index in [1.165, 1.54) is 18.2 Å². The number of benzene rings is 1. The number of nitrogens with zero attached hydrogens (tertiary/aromatic N) is 1. The minimum absolute atomic E-state index is 0.0710. The van der Waals surface area contributed by atoms with Gasteiger partial charge in [0.2, 0.25) is 0 Å². The molecule has 0 radical (unpaired) electrons. The lowest BCUT2D eigenvalue weighted by atomic mass is 10.2. The number of allylic oxidation sites excluding steroid dienone is 2. The smallest absolute Gasteiger partial charge is 0.328 e. The molecule has 0 saturated carbocycles. The van der Waals surface area contributed by atoms with Crippen molar-refractivity contribution in [3.8, 4) is 0 Å². The molecule has 1 aliphatic rings. The van der Waals surface area contributed by atoms with Crippen molar-refractivity contribution < 1.29 is 27.6 Å². The Morgan fingerprint density at radius 2 is 1.74 bits per heavy atom. The summed E-state index contributed by atoms with van der Waals surface area (Å²) in [4.78, 5) is 28.4. The third kappa shape index (κ3) is 4.58. The maximum atomic E-state index is 12.8. The van der Waals surface area contributed by atoms with Gasteiger partial charge >= 0.3 is 18.1 Å². The fourth-order valence-corrected chi connectivity index (χ4v) is 2.24. The van der Waals surface area contributed by atoms with E-state index in [0.717, 1.165) is 12.8 Å². The SMILES string of the molecule is O=C(ON(C(=O)C(F)(F)F)C1=CCCCCC1)c1ccccc1. The molecule has 0 fully saturated rings. The van der Waals surface area contributed by atoms with Crippen LogP contribution in [0.3, 0.4) is 0 Å². The van der Waals surface area contributed by atoms with Gasteiger partial charge in [0.1, 0.15) is 0 Å². The van der Waals surface area contributed by atoms with Gasteiger partial charge in [0.05, 0.1) is 11.3 Å². The predicted molar refractivity (Wildman–Crippen MR) is 75.9 cm³/mol. The summed E-state index contributed by atoms with van der Waals surface area (Å²) in [6.45, 7) is 0. The topological polar surface area (TPSA) is 46.6 Å². The van der Waals surface area contributed by atoms with Gasteiger partial charge in [0.25, 0.3) is 0 Å². The van der Waals surface area contributed by atoms with E-state index in [0.29, 0.717) is 12.8 Å². The summed E-state index contributed by atoms with van der Waals surface area (Å²) in [6.07, 6.45) is -0.496. The van der Waals surface area contributed by atoms with Gasteiger partial charge in [-0.2, -0.15) is 13.2 Å². The van der Waals surface area contributed by atoms with Crippen molar-refractivity contribution in [1.82, 2.24) is 5.06 Å². The second kappa shape index (κ2) is 7.30. The largest absolute Gasteiger partial charge is 0.474 e. The maximum Gasteiger partial charge on any atom is 0.474 e. The first-order valence-electron chi connectivity index (χ1n) is 7.27. The fraction of sp³-hybridized carbons (Fsp3) is 0.375. The van der Waals surface area contributed by atoms with Gasteiger partial charge in [-0.3, -0.25) is 4.79 Å². The van der Waals surface area contributed by atoms with Crippen LogP contribution >= 0.6 is 0 Å². The molecule has 1 amide bonds. The molecule has 1 aliphatic carbocycles. The zero-order valence-electron chi connectivity index (χ0n) is 12.3. The van der Waals surface area contributed by atoms with Crippen LogP contribution in [0, 0.1) is 0 Å². The minimum Gasteiger partial charge on any atom is -0.328 e. The molecule has 0 atom stereocenters. The second-order valence-corrected chi connectivity index (χ2v) is 5.14. The maximum absolute atomic E-state index is 12.8. The van der Waals surface area contributed by atoms with E-state index in [1.54, 1.807) is 18.2 Å². The lowest BCUT2D eigenvalue weighted by Gasteiger charge is -2.24. The molecule has 0 aromatic heterocycles. The Balaban J connectivity index is 2.24. The molecular weight excluding hydrogens is 311 g/mol. The van der Waals surface area contributed by atoms with E-state index in [9.17, 15) is 22.8 Å². The highest BCUT2D eigenvalue weighted by molar-refractivity contribution is 5.91. The first-order valence-corrected chi connectivity index (χ1v) is 7.27. The van der Waals surface area contributed by atoms with Crippen LogP contribution in [0.25, 0.3) is 0 Å². The molecule has 0 unspecified atom stereocenters. The van der Waals surface area contributed by atoms with Gasteiger partial charge in [-0.05, 0) is 37.8 Å². The third-order valence-corrected chi connectivity index (χ3v) is 3.39. The summed E-state index contributed by atoms with van der Waals surface area (Å²) in [7, 11) is 0. The van der Waals surface area contributed by atoms with E-state index < -0.39 is 18.1 Å². The average molecular weight is 327 g/mol. The zero-order valence-corrected chi connectivity index (χ0v) is 12.3. The molecular formula is C16H16F3NO3. The Morgan fingerprint density at radius 3 is 2.39 bits per heavy atom. The van der Waals surface area contributed by atoms with Crippen molar-refractivity contribution in [2.24, 2.45) is 0 Å². The van der Waals surface area contributed by atoms with Crippen LogP contribution in [0.1, 0.15) is 42.5 Å². The standard InChI is InChI=1S/C16H16F3NO3/c17-16(18,19)15(22)20(13-10-6-1-2-7-11-13)23-14(21)12-8-4-3-5-9-12/h3-5,8-10H,1-2,6-7,11H2. The molecule has 0 spiro atoms. The van der Waals surface area contributed by atoms with Crippen LogP contribution in [-0.2, 0) is 9.63 Å². The highest BCUT2D eigenvalue weighted by Crippen LogP contribution is 2.27. The molecule has 124 valence electrons. The Labute approximate surface area is 131 Å². The Hall–Kier alpha value is -2.31. The van der Waals surface area contributed by atoms with Crippen molar-refractivity contribution in [3.63, 3.8) is 0 Å². The van der Waals surface area contributed by atoms with E-state index in [4.69, 9.17) is 4.84 Å². The van der Waals surface area contributed by atoms with Crippen LogP contribution in [-0.4, -0.2) is 23.1 Å². The highest BCUT2D eigenvalue weighted by atomic mass is 19.4.